The molecule has 3 N–H and O–H groups in total. The molecule has 3 aliphatic rings. The lowest BCUT2D eigenvalue weighted by atomic mass is 9.60. The number of amides is 2. The first-order valence-electron chi connectivity index (χ1n) is 10.1. The first-order chi connectivity index (χ1) is 14.7. The first kappa shape index (κ1) is 22.0. The molecule has 1 aromatic heterocycles. The van der Waals surface area contributed by atoms with Crippen LogP contribution in [0.5, 0.6) is 5.75 Å². The fourth-order valence-electron chi connectivity index (χ4n) is 4.54. The van der Waals surface area contributed by atoms with E-state index >= 15 is 0 Å². The van der Waals surface area contributed by atoms with Gasteiger partial charge in [-0.1, -0.05) is 11.6 Å². The Morgan fingerprint density at radius 2 is 2.00 bits per heavy atom. The molecule has 5 rings (SSSR count). The summed E-state index contributed by atoms with van der Waals surface area (Å²) in [6, 6.07) is 5.82. The van der Waals surface area contributed by atoms with Gasteiger partial charge in [-0.2, -0.15) is 0 Å². The summed E-state index contributed by atoms with van der Waals surface area (Å²) in [6.45, 7) is 1.65. The maximum Gasteiger partial charge on any atom is 0.261 e. The number of carbonyl (C=O) groups is 2. The summed E-state index contributed by atoms with van der Waals surface area (Å²) < 4.78 is 18.9. The second kappa shape index (κ2) is 8.41. The smallest absolute Gasteiger partial charge is 0.261 e. The maximum atomic E-state index is 13.5. The molecule has 1 unspecified atom stereocenters. The Morgan fingerprint density at radius 1 is 1.26 bits per heavy atom. The number of carbonyl (C=O) groups excluding carboxylic acids is 2. The molecule has 0 aliphatic heterocycles. The number of aryl methyl sites for hydroxylation is 1. The number of rotatable bonds is 6. The number of aliphatic hydroxyl groups is 1. The first-order valence-corrected chi connectivity index (χ1v) is 11.4. The molecule has 9 heteroatoms. The molecule has 0 radical (unpaired) electrons. The third-order valence-corrected chi connectivity index (χ3v) is 7.66. The van der Waals surface area contributed by atoms with E-state index in [4.69, 9.17) is 16.3 Å². The molecule has 2 bridgehead atoms. The Hall–Kier alpha value is -2.16. The molecule has 0 spiro atoms. The highest BCUT2D eigenvalue weighted by Crippen LogP contribution is 2.47. The number of thiophene rings is 1. The quantitative estimate of drug-likeness (QED) is 0.607. The van der Waals surface area contributed by atoms with E-state index in [-0.39, 0.29) is 29.2 Å². The van der Waals surface area contributed by atoms with Crippen LogP contribution >= 0.6 is 22.9 Å². The fraction of sp³-hybridized carbons (Fsp3) is 0.455. The highest BCUT2D eigenvalue weighted by atomic mass is 35.5. The molecular weight excluding hydrogens is 443 g/mol. The van der Waals surface area contributed by atoms with Gasteiger partial charge in [-0.3, -0.25) is 9.59 Å². The Morgan fingerprint density at radius 3 is 2.61 bits per heavy atom. The summed E-state index contributed by atoms with van der Waals surface area (Å²) in [7, 11) is 0. The summed E-state index contributed by atoms with van der Waals surface area (Å²) in [5.74, 6) is -0.925. The van der Waals surface area contributed by atoms with E-state index in [1.807, 2.05) is 18.4 Å². The number of aliphatic hydroxyl groups excluding tert-OH is 1. The topological polar surface area (TPSA) is 87.7 Å². The Labute approximate surface area is 188 Å². The van der Waals surface area contributed by atoms with Crippen molar-refractivity contribution in [1.82, 2.24) is 10.6 Å². The Bertz CT molecular complexity index is 1000. The lowest BCUT2D eigenvalue weighted by Gasteiger charge is -2.56. The van der Waals surface area contributed by atoms with Gasteiger partial charge in [-0.15, -0.1) is 11.3 Å². The molecule has 1 aromatic carbocycles. The molecule has 3 fully saturated rings. The van der Waals surface area contributed by atoms with Crippen LogP contribution in [-0.2, 0) is 4.79 Å². The van der Waals surface area contributed by atoms with E-state index in [2.05, 4.69) is 10.6 Å². The predicted molar refractivity (Wildman–Crippen MR) is 116 cm³/mol. The van der Waals surface area contributed by atoms with Crippen molar-refractivity contribution < 1.29 is 23.8 Å². The average molecular weight is 467 g/mol. The van der Waals surface area contributed by atoms with Gasteiger partial charge in [-0.05, 0) is 68.2 Å². The van der Waals surface area contributed by atoms with E-state index in [0.717, 1.165) is 11.6 Å². The standard InChI is InChI=1S/C22H24ClFN2O4S/c1-13-8-17(31-12-13)20(29)26-21-4-6-22(7-5-21,18(27)10-21)25-19(28)11-30-14-2-3-15(23)16(24)9-14/h2-3,8-9,12,18,27H,4-7,10-11H2,1H3,(H,25,28)(H,26,29). The van der Waals surface area contributed by atoms with E-state index < -0.39 is 23.0 Å². The molecule has 166 valence electrons. The van der Waals surface area contributed by atoms with Crippen LogP contribution in [0.25, 0.3) is 0 Å². The summed E-state index contributed by atoms with van der Waals surface area (Å²) in [5, 5.41) is 18.8. The molecule has 3 aliphatic carbocycles. The molecule has 2 amide bonds. The van der Waals surface area contributed by atoms with Crippen molar-refractivity contribution in [2.75, 3.05) is 6.61 Å². The summed E-state index contributed by atoms with van der Waals surface area (Å²) in [4.78, 5) is 25.8. The Kier molecular flexibility index (Phi) is 5.98. The van der Waals surface area contributed by atoms with Crippen LogP contribution in [0, 0.1) is 12.7 Å². The van der Waals surface area contributed by atoms with Gasteiger partial charge in [0.2, 0.25) is 0 Å². The van der Waals surface area contributed by atoms with Gasteiger partial charge in [0.05, 0.1) is 21.5 Å². The molecular formula is C22H24ClFN2O4S. The molecule has 0 saturated heterocycles. The van der Waals surface area contributed by atoms with Gasteiger partial charge in [0, 0.05) is 11.6 Å². The number of hydrogen-bond donors (Lipinski definition) is 3. The second-order valence-electron chi connectivity index (χ2n) is 8.51. The number of fused-ring (bicyclic) bond motifs is 3. The third kappa shape index (κ3) is 4.56. The minimum atomic E-state index is -0.780. The van der Waals surface area contributed by atoms with Crippen LogP contribution in [0.4, 0.5) is 4.39 Å². The van der Waals surface area contributed by atoms with Crippen LogP contribution in [0.3, 0.4) is 0 Å². The number of benzene rings is 1. The van der Waals surface area contributed by atoms with Crippen LogP contribution in [0.2, 0.25) is 5.02 Å². The van der Waals surface area contributed by atoms with Gasteiger partial charge in [-0.25, -0.2) is 4.39 Å². The zero-order valence-corrected chi connectivity index (χ0v) is 18.6. The van der Waals surface area contributed by atoms with Gasteiger partial charge in [0.15, 0.2) is 6.61 Å². The van der Waals surface area contributed by atoms with Crippen molar-refractivity contribution in [2.45, 2.75) is 56.2 Å². The molecule has 1 heterocycles. The minimum absolute atomic E-state index is 0.0204. The lowest BCUT2D eigenvalue weighted by Crippen LogP contribution is -2.70. The minimum Gasteiger partial charge on any atom is -0.484 e. The maximum absolute atomic E-state index is 13.5. The van der Waals surface area contributed by atoms with Crippen molar-refractivity contribution in [3.8, 4) is 5.75 Å². The van der Waals surface area contributed by atoms with Gasteiger partial charge < -0.3 is 20.5 Å². The van der Waals surface area contributed by atoms with Crippen LogP contribution in [0.1, 0.15) is 47.3 Å². The van der Waals surface area contributed by atoms with E-state index in [1.165, 1.54) is 23.5 Å². The van der Waals surface area contributed by atoms with Gasteiger partial charge in [0.1, 0.15) is 11.6 Å². The monoisotopic (exact) mass is 466 g/mol. The number of hydrogen-bond acceptors (Lipinski definition) is 5. The molecule has 6 nitrogen and oxygen atoms in total. The third-order valence-electron chi connectivity index (χ3n) is 6.30. The Balaban J connectivity index is 1.34. The van der Waals surface area contributed by atoms with E-state index in [1.54, 1.807) is 0 Å². The zero-order chi connectivity index (χ0) is 22.2. The highest BCUT2D eigenvalue weighted by molar-refractivity contribution is 7.12. The van der Waals surface area contributed by atoms with Crippen molar-refractivity contribution in [3.05, 3.63) is 50.9 Å². The summed E-state index contributed by atoms with van der Waals surface area (Å²) in [5.41, 5.74) is -0.152. The van der Waals surface area contributed by atoms with Crippen LogP contribution < -0.4 is 15.4 Å². The number of nitrogens with one attached hydrogen (secondary N) is 2. The SMILES string of the molecule is Cc1csc(C(=O)NC23CCC(NC(=O)COc4ccc(Cl)c(F)c4)(CC2)C(O)C3)c1. The normalized spacial score (nSPS) is 27.0. The van der Waals surface area contributed by atoms with E-state index in [9.17, 15) is 19.1 Å². The van der Waals surface area contributed by atoms with Gasteiger partial charge >= 0.3 is 0 Å². The second-order valence-corrected chi connectivity index (χ2v) is 9.83. The molecule has 3 saturated carbocycles. The number of halogens is 2. The van der Waals surface area contributed by atoms with Crippen LogP contribution in [-0.4, -0.2) is 40.7 Å². The average Bonchev–Trinajstić information content (AvgIpc) is 3.17. The lowest BCUT2D eigenvalue weighted by molar-refractivity contribution is -0.132. The molecule has 31 heavy (non-hydrogen) atoms. The largest absolute Gasteiger partial charge is 0.484 e. The highest BCUT2D eigenvalue weighted by Gasteiger charge is 2.55. The van der Waals surface area contributed by atoms with E-state index in [0.29, 0.717) is 37.0 Å². The summed E-state index contributed by atoms with van der Waals surface area (Å²) >= 11 is 7.05. The van der Waals surface area contributed by atoms with Crippen molar-refractivity contribution in [2.24, 2.45) is 0 Å². The van der Waals surface area contributed by atoms with Crippen molar-refractivity contribution in [1.29, 1.82) is 0 Å². The number of ether oxygens (including phenoxy) is 1. The van der Waals surface area contributed by atoms with Crippen molar-refractivity contribution >= 4 is 34.8 Å². The zero-order valence-electron chi connectivity index (χ0n) is 17.0. The molecule has 1 atom stereocenters. The fourth-order valence-corrected chi connectivity index (χ4v) is 5.45. The summed E-state index contributed by atoms with van der Waals surface area (Å²) in [6.07, 6.45) is 2.05. The van der Waals surface area contributed by atoms with Crippen molar-refractivity contribution in [3.63, 3.8) is 0 Å². The van der Waals surface area contributed by atoms with Crippen LogP contribution in [0.15, 0.2) is 29.6 Å². The van der Waals surface area contributed by atoms with Gasteiger partial charge in [0.25, 0.3) is 11.8 Å². The molecule has 2 aromatic rings. The predicted octanol–water partition coefficient (Wildman–Crippen LogP) is 3.59.